The summed E-state index contributed by atoms with van der Waals surface area (Å²) in [6, 6.07) is 5.04. The summed E-state index contributed by atoms with van der Waals surface area (Å²) in [6.45, 7) is 4.63. The first-order chi connectivity index (χ1) is 7.65. The molecule has 0 spiro atoms. The Bertz CT molecular complexity index is 363. The van der Waals surface area contributed by atoms with E-state index in [0.717, 1.165) is 6.42 Å². The van der Waals surface area contributed by atoms with E-state index in [1.54, 1.807) is 25.3 Å². The van der Waals surface area contributed by atoms with Crippen LogP contribution in [0, 0.1) is 0 Å². The van der Waals surface area contributed by atoms with E-state index in [1.807, 2.05) is 0 Å². The predicted molar refractivity (Wildman–Crippen MR) is 65.1 cm³/mol. The van der Waals surface area contributed by atoms with Crippen LogP contribution in [0.4, 0.5) is 0 Å². The summed E-state index contributed by atoms with van der Waals surface area (Å²) < 4.78 is 10.4. The van der Waals surface area contributed by atoms with Crippen LogP contribution in [0.25, 0.3) is 5.76 Å². The molecule has 0 atom stereocenters. The Morgan fingerprint density at radius 3 is 2.75 bits per heavy atom. The van der Waals surface area contributed by atoms with E-state index in [2.05, 4.69) is 6.58 Å². The van der Waals surface area contributed by atoms with E-state index < -0.39 is 0 Å². The first-order valence-corrected chi connectivity index (χ1v) is 5.32. The molecule has 0 aliphatic carbocycles. The lowest BCUT2D eigenvalue weighted by Gasteiger charge is -2.08. The number of aliphatic hydroxyl groups is 1. The van der Waals surface area contributed by atoms with Crippen LogP contribution in [0.1, 0.15) is 12.0 Å². The summed E-state index contributed by atoms with van der Waals surface area (Å²) in [5.74, 6) is 0.593. The van der Waals surface area contributed by atoms with Crippen LogP contribution >= 0.6 is 11.6 Å². The number of hydrogen-bond donors (Lipinski definition) is 1. The van der Waals surface area contributed by atoms with Gasteiger partial charge in [0.1, 0.15) is 11.5 Å². The summed E-state index contributed by atoms with van der Waals surface area (Å²) in [5.41, 5.74) is 0.592. The smallest absolute Gasteiger partial charge is 0.137 e. The molecular weight excluding hydrogens is 228 g/mol. The lowest BCUT2D eigenvalue weighted by molar-refractivity contribution is 0.172. The molecule has 1 N–H and O–H groups in total. The maximum atomic E-state index is 9.17. The Labute approximate surface area is 100 Å². The van der Waals surface area contributed by atoms with Crippen LogP contribution in [0.2, 0.25) is 5.02 Å². The molecule has 1 aromatic carbocycles. The van der Waals surface area contributed by atoms with Gasteiger partial charge in [-0.2, -0.15) is 0 Å². The normalized spacial score (nSPS) is 10.1. The zero-order chi connectivity index (χ0) is 12.0. The van der Waals surface area contributed by atoms with Crippen LogP contribution in [0.15, 0.2) is 24.8 Å². The largest absolute Gasteiger partial charge is 0.508 e. The minimum Gasteiger partial charge on any atom is -0.508 e. The van der Waals surface area contributed by atoms with Gasteiger partial charge in [0.2, 0.25) is 0 Å². The van der Waals surface area contributed by atoms with Crippen molar-refractivity contribution in [3.05, 3.63) is 35.4 Å². The van der Waals surface area contributed by atoms with Crippen molar-refractivity contribution < 1.29 is 14.6 Å². The zero-order valence-electron chi connectivity index (χ0n) is 9.20. The molecule has 16 heavy (non-hydrogen) atoms. The summed E-state index contributed by atoms with van der Waals surface area (Å²) >= 11 is 5.98. The maximum absolute atomic E-state index is 9.17. The summed E-state index contributed by atoms with van der Waals surface area (Å²) in [6.07, 6.45) is 0.807. The van der Waals surface area contributed by atoms with E-state index in [4.69, 9.17) is 21.1 Å². The van der Waals surface area contributed by atoms with Crippen molar-refractivity contribution >= 4 is 17.4 Å². The lowest BCUT2D eigenvalue weighted by atomic mass is 10.2. The van der Waals surface area contributed by atoms with Gasteiger partial charge in [-0.25, -0.2) is 0 Å². The molecule has 3 nitrogen and oxygen atoms in total. The third-order valence-electron chi connectivity index (χ3n) is 2.02. The highest BCUT2D eigenvalue weighted by molar-refractivity contribution is 6.32. The van der Waals surface area contributed by atoms with Gasteiger partial charge in [0, 0.05) is 25.7 Å². The fourth-order valence-electron chi connectivity index (χ4n) is 1.18. The number of halogens is 1. The van der Waals surface area contributed by atoms with Crippen LogP contribution in [0.3, 0.4) is 0 Å². The number of benzene rings is 1. The fraction of sp³-hybridized carbons (Fsp3) is 0.333. The second-order valence-corrected chi connectivity index (χ2v) is 3.69. The second-order valence-electron chi connectivity index (χ2n) is 3.29. The van der Waals surface area contributed by atoms with Crippen LogP contribution in [0.5, 0.6) is 5.75 Å². The molecule has 88 valence electrons. The number of methoxy groups -OCH3 is 1. The van der Waals surface area contributed by atoms with Gasteiger partial charge in [-0.1, -0.05) is 18.2 Å². The number of aliphatic hydroxyl groups excluding tert-OH is 1. The van der Waals surface area contributed by atoms with Crippen molar-refractivity contribution in [1.29, 1.82) is 0 Å². The van der Waals surface area contributed by atoms with E-state index in [9.17, 15) is 5.11 Å². The maximum Gasteiger partial charge on any atom is 0.137 e. The average molecular weight is 243 g/mol. The molecule has 0 radical (unpaired) electrons. The molecule has 0 heterocycles. The third kappa shape index (κ3) is 3.76. The molecule has 0 aliphatic heterocycles. The lowest BCUT2D eigenvalue weighted by Crippen LogP contribution is -2.01. The van der Waals surface area contributed by atoms with E-state index in [1.165, 1.54) is 0 Å². The quantitative estimate of drug-likeness (QED) is 0.615. The van der Waals surface area contributed by atoms with Gasteiger partial charge in [-0.15, -0.1) is 0 Å². The van der Waals surface area contributed by atoms with Gasteiger partial charge >= 0.3 is 0 Å². The summed E-state index contributed by atoms with van der Waals surface area (Å²) in [5, 5.41) is 9.64. The van der Waals surface area contributed by atoms with Gasteiger partial charge in [0.25, 0.3) is 0 Å². The molecule has 0 saturated carbocycles. The standard InChI is InChI=1S/C12H15ClO3/c1-9(14)10-4-5-12(11(13)8-10)16-7-3-6-15-2/h4-5,8,14H,1,3,6-7H2,2H3. The molecule has 1 aromatic rings. The minimum absolute atomic E-state index is 0.00664. The number of hydrogen-bond acceptors (Lipinski definition) is 3. The van der Waals surface area contributed by atoms with Gasteiger partial charge < -0.3 is 14.6 Å². The highest BCUT2D eigenvalue weighted by atomic mass is 35.5. The molecule has 0 saturated heterocycles. The first kappa shape index (κ1) is 12.9. The second kappa shape index (κ2) is 6.40. The highest BCUT2D eigenvalue weighted by Gasteiger charge is 2.04. The van der Waals surface area contributed by atoms with Crippen LogP contribution < -0.4 is 4.74 Å². The minimum atomic E-state index is -0.00664. The molecule has 0 bridgehead atoms. The molecule has 0 aliphatic rings. The van der Waals surface area contributed by atoms with Gasteiger partial charge in [0.05, 0.1) is 11.6 Å². The Morgan fingerprint density at radius 2 is 2.19 bits per heavy atom. The van der Waals surface area contributed by atoms with Crippen LogP contribution in [-0.2, 0) is 4.74 Å². The molecule has 4 heteroatoms. The van der Waals surface area contributed by atoms with Crippen molar-refractivity contribution in [2.45, 2.75) is 6.42 Å². The highest BCUT2D eigenvalue weighted by Crippen LogP contribution is 2.27. The predicted octanol–water partition coefficient (Wildman–Crippen LogP) is 3.28. The Kier molecular flexibility index (Phi) is 5.15. The van der Waals surface area contributed by atoms with E-state index in [0.29, 0.717) is 29.5 Å². The van der Waals surface area contributed by atoms with Crippen molar-refractivity contribution in [1.82, 2.24) is 0 Å². The van der Waals surface area contributed by atoms with Crippen molar-refractivity contribution in [2.24, 2.45) is 0 Å². The van der Waals surface area contributed by atoms with Crippen molar-refractivity contribution in [3.63, 3.8) is 0 Å². The third-order valence-corrected chi connectivity index (χ3v) is 2.31. The topological polar surface area (TPSA) is 38.7 Å². The van der Waals surface area contributed by atoms with E-state index >= 15 is 0 Å². The molecule has 0 amide bonds. The van der Waals surface area contributed by atoms with Crippen molar-refractivity contribution in [2.75, 3.05) is 20.3 Å². The van der Waals surface area contributed by atoms with Gasteiger partial charge in [-0.05, 0) is 18.2 Å². The van der Waals surface area contributed by atoms with Crippen molar-refractivity contribution in [3.8, 4) is 5.75 Å². The number of ether oxygens (including phenoxy) is 2. The molecule has 1 rings (SSSR count). The van der Waals surface area contributed by atoms with E-state index in [-0.39, 0.29) is 5.76 Å². The summed E-state index contributed by atoms with van der Waals surface area (Å²) in [7, 11) is 1.65. The Hall–Kier alpha value is -1.19. The molecule has 0 fully saturated rings. The molecule has 0 aromatic heterocycles. The molecule has 0 unspecified atom stereocenters. The van der Waals surface area contributed by atoms with Crippen LogP contribution in [-0.4, -0.2) is 25.4 Å². The SMILES string of the molecule is C=C(O)c1ccc(OCCCOC)c(Cl)c1. The number of rotatable bonds is 6. The molecular formula is C12H15ClO3. The first-order valence-electron chi connectivity index (χ1n) is 4.94. The Balaban J connectivity index is 2.57. The monoisotopic (exact) mass is 242 g/mol. The Morgan fingerprint density at radius 1 is 1.44 bits per heavy atom. The summed E-state index contributed by atoms with van der Waals surface area (Å²) in [4.78, 5) is 0. The van der Waals surface area contributed by atoms with Gasteiger partial charge in [-0.3, -0.25) is 0 Å². The fourth-order valence-corrected chi connectivity index (χ4v) is 1.42. The zero-order valence-corrected chi connectivity index (χ0v) is 9.96. The van der Waals surface area contributed by atoms with Gasteiger partial charge in [0.15, 0.2) is 0 Å². The average Bonchev–Trinajstić information content (AvgIpc) is 2.26.